The van der Waals surface area contributed by atoms with E-state index in [0.29, 0.717) is 29.4 Å². The highest BCUT2D eigenvalue weighted by Crippen LogP contribution is 2.35. The summed E-state index contributed by atoms with van der Waals surface area (Å²) in [6, 6.07) is 12.6. The highest BCUT2D eigenvalue weighted by Gasteiger charge is 2.21. The number of hydrogen-bond donors (Lipinski definition) is 0. The van der Waals surface area contributed by atoms with Crippen molar-refractivity contribution in [3.05, 3.63) is 83.7 Å². The van der Waals surface area contributed by atoms with Crippen molar-refractivity contribution in [1.82, 2.24) is 0 Å². The van der Waals surface area contributed by atoms with Crippen molar-refractivity contribution in [2.45, 2.75) is 71.1 Å². The molecule has 0 N–H and O–H groups in total. The molecule has 0 atom stereocenters. The van der Waals surface area contributed by atoms with Gasteiger partial charge in [-0.15, -0.1) is 6.58 Å². The second-order valence-electron chi connectivity index (χ2n) is 9.93. The number of hydrogen-bond acceptors (Lipinski definition) is 0. The van der Waals surface area contributed by atoms with Crippen molar-refractivity contribution in [1.29, 1.82) is 0 Å². The molecule has 0 aliphatic heterocycles. The monoisotopic (exact) mass is 464 g/mol. The van der Waals surface area contributed by atoms with Gasteiger partial charge in [-0.2, -0.15) is 0 Å². The topological polar surface area (TPSA) is 0 Å². The molecule has 0 saturated heterocycles. The number of rotatable bonds is 9. The fourth-order valence-electron chi connectivity index (χ4n) is 5.52. The van der Waals surface area contributed by atoms with Gasteiger partial charge in [-0.1, -0.05) is 87.9 Å². The predicted octanol–water partition coefficient (Wildman–Crippen LogP) is 9.58. The lowest BCUT2D eigenvalue weighted by Crippen LogP contribution is -2.15. The predicted molar refractivity (Wildman–Crippen MR) is 136 cm³/mol. The van der Waals surface area contributed by atoms with Gasteiger partial charge in [0.25, 0.3) is 0 Å². The number of benzene rings is 3. The Morgan fingerprint density at radius 1 is 0.824 bits per heavy atom. The Labute approximate surface area is 201 Å². The Balaban J connectivity index is 1.48. The van der Waals surface area contributed by atoms with Gasteiger partial charge in [0.15, 0.2) is 11.6 Å². The molecule has 4 rings (SSSR count). The lowest BCUT2D eigenvalue weighted by atomic mass is 9.78. The molecule has 34 heavy (non-hydrogen) atoms. The van der Waals surface area contributed by atoms with Crippen molar-refractivity contribution in [2.75, 3.05) is 0 Å². The molecule has 3 aromatic rings. The molecule has 3 aromatic carbocycles. The lowest BCUT2D eigenvalue weighted by molar-refractivity contribution is 0.252. The van der Waals surface area contributed by atoms with Crippen LogP contribution in [0.25, 0.3) is 21.9 Å². The van der Waals surface area contributed by atoms with Gasteiger partial charge < -0.3 is 0 Å². The second-order valence-corrected chi connectivity index (χ2v) is 9.93. The van der Waals surface area contributed by atoms with Crippen molar-refractivity contribution < 1.29 is 13.2 Å². The molecular formula is C31H35F3. The molecule has 0 bridgehead atoms. The molecule has 1 saturated carbocycles. The van der Waals surface area contributed by atoms with E-state index >= 15 is 4.39 Å². The van der Waals surface area contributed by atoms with E-state index in [9.17, 15) is 8.78 Å². The van der Waals surface area contributed by atoms with E-state index < -0.39 is 17.5 Å². The summed E-state index contributed by atoms with van der Waals surface area (Å²) in [5.41, 5.74) is 2.38. The summed E-state index contributed by atoms with van der Waals surface area (Å²) >= 11 is 0. The minimum atomic E-state index is -1.12. The summed E-state index contributed by atoms with van der Waals surface area (Å²) in [7, 11) is 0. The average molecular weight is 465 g/mol. The fourth-order valence-corrected chi connectivity index (χ4v) is 5.52. The molecule has 0 nitrogen and oxygen atoms in total. The van der Waals surface area contributed by atoms with Crippen LogP contribution in [0.4, 0.5) is 13.2 Å². The number of fused-ring (bicyclic) bond motifs is 1. The molecule has 0 heterocycles. The van der Waals surface area contributed by atoms with Crippen LogP contribution in [0.5, 0.6) is 0 Å². The van der Waals surface area contributed by atoms with Crippen molar-refractivity contribution in [2.24, 2.45) is 11.8 Å². The molecule has 0 amide bonds. The summed E-state index contributed by atoms with van der Waals surface area (Å²) in [4.78, 5) is 0. The first kappa shape index (κ1) is 24.6. The molecule has 0 unspecified atom stereocenters. The standard InChI is InChI=1S/C31H35F3/c1-3-5-7-25-18-19-26-20-27(30(33)31(34)28(26)29(25)32)24-16-14-23(15-17-24)13-12-22-10-8-21(6-4-2)9-11-22/h3,14-22H,1,4-13H2,2H3. The van der Waals surface area contributed by atoms with Gasteiger partial charge in [-0.3, -0.25) is 0 Å². The molecule has 0 spiro atoms. The van der Waals surface area contributed by atoms with Gasteiger partial charge in [-0.05, 0) is 65.7 Å². The van der Waals surface area contributed by atoms with Gasteiger partial charge in [0.1, 0.15) is 5.82 Å². The van der Waals surface area contributed by atoms with Crippen LogP contribution in [0.2, 0.25) is 0 Å². The van der Waals surface area contributed by atoms with E-state index in [1.807, 2.05) is 24.3 Å². The maximum Gasteiger partial charge on any atom is 0.170 e. The SMILES string of the molecule is C=CCCc1ccc2cc(-c3ccc(CCC4CCC(CCC)CC4)cc3)c(F)c(F)c2c1F. The number of aryl methyl sites for hydroxylation is 2. The van der Waals surface area contributed by atoms with Gasteiger partial charge in [0.2, 0.25) is 0 Å². The molecule has 1 aliphatic carbocycles. The highest BCUT2D eigenvalue weighted by atomic mass is 19.2. The lowest BCUT2D eigenvalue weighted by Gasteiger charge is -2.28. The normalized spacial score (nSPS) is 18.4. The quantitative estimate of drug-likeness (QED) is 0.277. The van der Waals surface area contributed by atoms with E-state index in [1.165, 1.54) is 50.5 Å². The Morgan fingerprint density at radius 2 is 1.50 bits per heavy atom. The van der Waals surface area contributed by atoms with Gasteiger partial charge in [0, 0.05) is 5.56 Å². The van der Waals surface area contributed by atoms with Crippen LogP contribution in [-0.4, -0.2) is 0 Å². The maximum absolute atomic E-state index is 15.0. The van der Waals surface area contributed by atoms with Crippen LogP contribution in [0.15, 0.2) is 55.1 Å². The molecule has 1 fully saturated rings. The van der Waals surface area contributed by atoms with Crippen molar-refractivity contribution in [3.8, 4) is 11.1 Å². The zero-order chi connectivity index (χ0) is 24.1. The zero-order valence-corrected chi connectivity index (χ0v) is 20.2. The number of allylic oxidation sites excluding steroid dienone is 1. The Kier molecular flexibility index (Phi) is 8.13. The maximum atomic E-state index is 15.0. The molecule has 180 valence electrons. The minimum absolute atomic E-state index is 0.170. The molecule has 0 radical (unpaired) electrons. The first-order valence-electron chi connectivity index (χ1n) is 12.8. The Bertz CT molecular complexity index is 1120. The average Bonchev–Trinajstić information content (AvgIpc) is 2.86. The van der Waals surface area contributed by atoms with E-state index in [1.54, 1.807) is 24.3 Å². The van der Waals surface area contributed by atoms with Crippen LogP contribution in [0.1, 0.15) is 69.4 Å². The first-order chi connectivity index (χ1) is 16.5. The minimum Gasteiger partial charge on any atom is -0.206 e. The Hall–Kier alpha value is -2.55. The van der Waals surface area contributed by atoms with Crippen LogP contribution < -0.4 is 0 Å². The van der Waals surface area contributed by atoms with Crippen molar-refractivity contribution in [3.63, 3.8) is 0 Å². The third-order valence-corrected chi connectivity index (χ3v) is 7.59. The molecule has 1 aliphatic rings. The van der Waals surface area contributed by atoms with E-state index in [-0.39, 0.29) is 10.9 Å². The van der Waals surface area contributed by atoms with Gasteiger partial charge in [0.05, 0.1) is 5.39 Å². The van der Waals surface area contributed by atoms with Crippen LogP contribution in [0, 0.1) is 29.3 Å². The first-order valence-corrected chi connectivity index (χ1v) is 12.8. The zero-order valence-electron chi connectivity index (χ0n) is 20.2. The van der Waals surface area contributed by atoms with E-state index in [4.69, 9.17) is 0 Å². The molecular weight excluding hydrogens is 429 g/mol. The smallest absolute Gasteiger partial charge is 0.170 e. The van der Waals surface area contributed by atoms with E-state index in [2.05, 4.69) is 13.5 Å². The largest absolute Gasteiger partial charge is 0.206 e. The summed E-state index contributed by atoms with van der Waals surface area (Å²) in [6.07, 6.45) is 12.9. The highest BCUT2D eigenvalue weighted by molar-refractivity contribution is 5.89. The molecule has 0 aromatic heterocycles. The van der Waals surface area contributed by atoms with E-state index in [0.717, 1.165) is 18.3 Å². The second kappa shape index (κ2) is 11.3. The van der Waals surface area contributed by atoms with Gasteiger partial charge in [-0.25, -0.2) is 13.2 Å². The van der Waals surface area contributed by atoms with Crippen LogP contribution in [-0.2, 0) is 12.8 Å². The summed E-state index contributed by atoms with van der Waals surface area (Å²) < 4.78 is 44.8. The third-order valence-electron chi connectivity index (χ3n) is 7.59. The van der Waals surface area contributed by atoms with Gasteiger partial charge >= 0.3 is 0 Å². The summed E-state index contributed by atoms with van der Waals surface area (Å²) in [6.45, 7) is 5.91. The Morgan fingerprint density at radius 3 is 2.15 bits per heavy atom. The number of halogens is 3. The third kappa shape index (κ3) is 5.40. The summed E-state index contributed by atoms with van der Waals surface area (Å²) in [5, 5.41) is 0.101. The summed E-state index contributed by atoms with van der Waals surface area (Å²) in [5.74, 6) is -1.07. The molecule has 3 heteroatoms. The van der Waals surface area contributed by atoms with Crippen LogP contribution in [0.3, 0.4) is 0 Å². The van der Waals surface area contributed by atoms with Crippen molar-refractivity contribution >= 4 is 10.8 Å². The fraction of sp³-hybridized carbons (Fsp3) is 0.419. The van der Waals surface area contributed by atoms with Crippen LogP contribution >= 0.6 is 0 Å².